The third kappa shape index (κ3) is 5.46. The van der Waals surface area contributed by atoms with Crippen molar-refractivity contribution in [1.82, 2.24) is 0 Å². The van der Waals surface area contributed by atoms with Crippen molar-refractivity contribution in [3.05, 3.63) is 132 Å². The molecular weight excluding hydrogens is 623 g/mol. The summed E-state index contributed by atoms with van der Waals surface area (Å²) in [7, 11) is 0. The summed E-state index contributed by atoms with van der Waals surface area (Å²) < 4.78 is 0. The predicted molar refractivity (Wildman–Crippen MR) is 182 cm³/mol. The molecule has 4 unspecified atom stereocenters. The fourth-order valence-corrected chi connectivity index (χ4v) is 6.57. The number of nitrogens with one attached hydrogen (secondary N) is 2. The van der Waals surface area contributed by atoms with Crippen molar-refractivity contribution in [3.8, 4) is 11.5 Å². The van der Waals surface area contributed by atoms with Crippen LogP contribution in [0.3, 0.4) is 0 Å². The number of aromatic hydroxyl groups is 2. The van der Waals surface area contributed by atoms with Crippen molar-refractivity contribution in [1.29, 1.82) is 0 Å². The van der Waals surface area contributed by atoms with Crippen LogP contribution in [-0.2, 0) is 9.59 Å². The second kappa shape index (κ2) is 12.0. The molecule has 4 N–H and O–H groups in total. The summed E-state index contributed by atoms with van der Waals surface area (Å²) in [4.78, 5) is 28.6. The number of anilines is 6. The molecule has 0 aliphatic carbocycles. The average Bonchev–Trinajstić information content (AvgIpc) is 3.08. The molecule has 0 bridgehead atoms. The SMILES string of the molecule is O=C1C(Cl)C(c2ccc(O)cc2)N1c1ccc(Nc2ccc(Nc3ccc(N4C(=O)C(Cl)C4c4ccc(O)cc4)cc3)cc2)cc1. The Balaban J connectivity index is 0.973. The van der Waals surface area contributed by atoms with Gasteiger partial charge in [0.05, 0.1) is 12.1 Å². The summed E-state index contributed by atoms with van der Waals surface area (Å²) in [6, 6.07) is 35.9. The molecule has 8 nitrogen and oxygen atoms in total. The number of phenols is 2. The summed E-state index contributed by atoms with van der Waals surface area (Å²) in [6.07, 6.45) is 0. The standard InChI is InChI=1S/C36H28Cl2N4O4/c37-31-33(21-1-17-29(43)18-2-21)41(35(31)45)27-13-9-25(10-14-27)39-23-5-7-24(8-6-23)40-26-11-15-28(16-12-26)42-34(32(38)36(42)46)22-3-19-30(44)20-4-22/h1-20,31-34,39-40,43-44H. The van der Waals surface area contributed by atoms with Crippen LogP contribution in [0.2, 0.25) is 0 Å². The maximum atomic E-state index is 12.6. The van der Waals surface area contributed by atoms with Gasteiger partial charge in [0, 0.05) is 34.1 Å². The van der Waals surface area contributed by atoms with E-state index >= 15 is 0 Å². The minimum atomic E-state index is -0.653. The van der Waals surface area contributed by atoms with E-state index in [2.05, 4.69) is 10.6 Å². The monoisotopic (exact) mass is 650 g/mol. The Kier molecular flexibility index (Phi) is 7.68. The van der Waals surface area contributed by atoms with E-state index < -0.39 is 10.8 Å². The Morgan fingerprint density at radius 1 is 0.457 bits per heavy atom. The number of carbonyl (C=O) groups is 2. The molecule has 46 heavy (non-hydrogen) atoms. The maximum Gasteiger partial charge on any atom is 0.248 e. The van der Waals surface area contributed by atoms with E-state index in [-0.39, 0.29) is 35.4 Å². The van der Waals surface area contributed by atoms with Gasteiger partial charge in [-0.05, 0) is 108 Å². The number of phenolic OH excluding ortho intramolecular Hbond substituents is 2. The zero-order chi connectivity index (χ0) is 31.9. The first-order chi connectivity index (χ1) is 22.3. The smallest absolute Gasteiger partial charge is 0.248 e. The fraction of sp³-hybridized carbons (Fsp3) is 0.111. The van der Waals surface area contributed by atoms with E-state index in [1.165, 1.54) is 0 Å². The van der Waals surface area contributed by atoms with Crippen LogP contribution < -0.4 is 20.4 Å². The molecule has 7 rings (SSSR count). The molecule has 230 valence electrons. The van der Waals surface area contributed by atoms with Crippen molar-refractivity contribution in [3.63, 3.8) is 0 Å². The van der Waals surface area contributed by atoms with Crippen LogP contribution in [-0.4, -0.2) is 32.8 Å². The fourth-order valence-electron chi connectivity index (χ4n) is 5.84. The highest BCUT2D eigenvalue weighted by molar-refractivity contribution is 6.38. The molecule has 2 heterocycles. The minimum Gasteiger partial charge on any atom is -0.508 e. The summed E-state index contributed by atoms with van der Waals surface area (Å²) in [5, 5.41) is 24.7. The minimum absolute atomic E-state index is 0.158. The van der Waals surface area contributed by atoms with Crippen molar-refractivity contribution >= 4 is 69.1 Å². The maximum absolute atomic E-state index is 12.6. The third-order valence-corrected chi connectivity index (χ3v) is 9.13. The number of carbonyl (C=O) groups excluding carboxylic acids is 2. The molecule has 2 aliphatic heterocycles. The first kappa shape index (κ1) is 29.5. The van der Waals surface area contributed by atoms with E-state index in [1.54, 1.807) is 58.3 Å². The van der Waals surface area contributed by atoms with Crippen LogP contribution in [0.4, 0.5) is 34.1 Å². The topological polar surface area (TPSA) is 105 Å². The van der Waals surface area contributed by atoms with E-state index in [4.69, 9.17) is 23.2 Å². The van der Waals surface area contributed by atoms with Gasteiger partial charge < -0.3 is 30.6 Å². The number of benzene rings is 5. The Labute approximate surface area is 275 Å². The number of halogens is 2. The largest absolute Gasteiger partial charge is 0.508 e. The Morgan fingerprint density at radius 2 is 0.739 bits per heavy atom. The van der Waals surface area contributed by atoms with Gasteiger partial charge >= 0.3 is 0 Å². The van der Waals surface area contributed by atoms with Crippen molar-refractivity contribution in [2.75, 3.05) is 20.4 Å². The molecule has 0 aromatic heterocycles. The van der Waals surface area contributed by atoms with Crippen LogP contribution >= 0.6 is 23.2 Å². The van der Waals surface area contributed by atoms with Gasteiger partial charge in [0.2, 0.25) is 11.8 Å². The van der Waals surface area contributed by atoms with E-state index in [0.717, 1.165) is 45.3 Å². The summed E-state index contributed by atoms with van der Waals surface area (Å²) in [6.45, 7) is 0. The predicted octanol–water partition coefficient (Wildman–Crippen LogP) is 7.98. The van der Waals surface area contributed by atoms with E-state index in [1.807, 2.05) is 72.8 Å². The van der Waals surface area contributed by atoms with Crippen LogP contribution in [0.25, 0.3) is 0 Å². The highest BCUT2D eigenvalue weighted by Crippen LogP contribution is 2.44. The number of β-lactam (4-membered cyclic amide) rings is 2. The van der Waals surface area contributed by atoms with Crippen LogP contribution in [0.15, 0.2) is 121 Å². The van der Waals surface area contributed by atoms with Crippen molar-refractivity contribution < 1.29 is 19.8 Å². The molecule has 5 aromatic carbocycles. The summed E-state index contributed by atoms with van der Waals surface area (Å²) in [5.41, 5.74) is 6.72. The molecular formula is C36H28Cl2N4O4. The quantitative estimate of drug-likeness (QED) is 0.100. The number of nitrogens with zero attached hydrogens (tertiary/aromatic N) is 2. The van der Waals surface area contributed by atoms with Gasteiger partial charge in [0.15, 0.2) is 0 Å². The zero-order valence-electron chi connectivity index (χ0n) is 24.2. The number of amides is 2. The Bertz CT molecular complexity index is 1740. The molecule has 0 radical (unpaired) electrons. The van der Waals surface area contributed by atoms with Gasteiger partial charge in [-0.3, -0.25) is 9.59 Å². The van der Waals surface area contributed by atoms with E-state index in [9.17, 15) is 19.8 Å². The summed E-state index contributed by atoms with van der Waals surface area (Å²) >= 11 is 12.7. The lowest BCUT2D eigenvalue weighted by molar-refractivity contribution is -0.124. The molecule has 2 aliphatic rings. The second-order valence-corrected chi connectivity index (χ2v) is 12.2. The highest BCUT2D eigenvalue weighted by Gasteiger charge is 2.48. The van der Waals surface area contributed by atoms with Crippen LogP contribution in [0.5, 0.6) is 11.5 Å². The van der Waals surface area contributed by atoms with Gasteiger partial charge in [0.1, 0.15) is 22.3 Å². The highest BCUT2D eigenvalue weighted by atomic mass is 35.5. The van der Waals surface area contributed by atoms with Crippen molar-refractivity contribution in [2.24, 2.45) is 0 Å². The van der Waals surface area contributed by atoms with Gasteiger partial charge in [-0.15, -0.1) is 23.2 Å². The molecule has 2 amide bonds. The zero-order valence-corrected chi connectivity index (χ0v) is 25.7. The van der Waals surface area contributed by atoms with Gasteiger partial charge in [0.25, 0.3) is 0 Å². The molecule has 5 aromatic rings. The number of hydrogen-bond acceptors (Lipinski definition) is 6. The first-order valence-electron chi connectivity index (χ1n) is 14.6. The Hall–Kier alpha value is -5.18. The average molecular weight is 652 g/mol. The second-order valence-electron chi connectivity index (χ2n) is 11.2. The molecule has 0 spiro atoms. The molecule has 10 heteroatoms. The van der Waals surface area contributed by atoms with Gasteiger partial charge in [-0.2, -0.15) is 0 Å². The van der Waals surface area contributed by atoms with E-state index in [0.29, 0.717) is 0 Å². The number of alkyl halides is 2. The molecule has 4 atom stereocenters. The molecule has 2 fully saturated rings. The van der Waals surface area contributed by atoms with Gasteiger partial charge in [-0.25, -0.2) is 0 Å². The number of hydrogen-bond donors (Lipinski definition) is 4. The molecule has 0 saturated carbocycles. The van der Waals surface area contributed by atoms with Crippen LogP contribution in [0, 0.1) is 0 Å². The number of rotatable bonds is 8. The van der Waals surface area contributed by atoms with Gasteiger partial charge in [-0.1, -0.05) is 24.3 Å². The lowest BCUT2D eigenvalue weighted by atomic mass is 9.92. The lowest BCUT2D eigenvalue weighted by Gasteiger charge is -2.44. The Morgan fingerprint density at radius 3 is 1.04 bits per heavy atom. The van der Waals surface area contributed by atoms with Crippen molar-refractivity contribution in [2.45, 2.75) is 22.8 Å². The summed E-state index contributed by atoms with van der Waals surface area (Å²) in [5.74, 6) is 0.00552. The third-order valence-electron chi connectivity index (χ3n) is 8.28. The molecule has 2 saturated heterocycles. The van der Waals surface area contributed by atoms with Crippen LogP contribution in [0.1, 0.15) is 23.2 Å². The lowest BCUT2D eigenvalue weighted by Crippen LogP contribution is -2.56. The first-order valence-corrected chi connectivity index (χ1v) is 15.5. The normalized spacial score (nSPS) is 20.6.